The molecular formula is C33H31FN2O2S. The third-order valence-electron chi connectivity index (χ3n) is 6.42. The number of aromatic nitrogens is 1. The molecule has 0 aliphatic carbocycles. The summed E-state index contributed by atoms with van der Waals surface area (Å²) >= 11 is -1.55. The fourth-order valence-electron chi connectivity index (χ4n) is 4.41. The summed E-state index contributed by atoms with van der Waals surface area (Å²) in [4.78, 5) is 14.6. The molecule has 0 fully saturated rings. The number of rotatable bonds is 11. The lowest BCUT2D eigenvalue weighted by atomic mass is 9.98. The van der Waals surface area contributed by atoms with Crippen molar-refractivity contribution in [2.24, 2.45) is 0 Å². The van der Waals surface area contributed by atoms with Gasteiger partial charge >= 0.3 is 0 Å². The van der Waals surface area contributed by atoms with Crippen molar-refractivity contribution in [2.45, 2.75) is 55.4 Å². The van der Waals surface area contributed by atoms with Crippen LogP contribution in [0.25, 0.3) is 22.3 Å². The van der Waals surface area contributed by atoms with Gasteiger partial charge in [0.15, 0.2) is 15.2 Å². The van der Waals surface area contributed by atoms with Gasteiger partial charge in [0.05, 0.1) is 6.07 Å². The Morgan fingerprint density at radius 2 is 1.64 bits per heavy atom. The van der Waals surface area contributed by atoms with Crippen molar-refractivity contribution in [2.75, 3.05) is 0 Å². The van der Waals surface area contributed by atoms with E-state index in [1.54, 1.807) is 47.3 Å². The lowest BCUT2D eigenvalue weighted by Gasteiger charge is -2.13. The molecule has 1 aromatic heterocycles. The second-order valence-electron chi connectivity index (χ2n) is 9.35. The van der Waals surface area contributed by atoms with Gasteiger partial charge in [-0.3, -0.25) is 4.79 Å². The van der Waals surface area contributed by atoms with E-state index in [1.165, 1.54) is 18.2 Å². The Morgan fingerprint density at radius 1 is 0.923 bits per heavy atom. The monoisotopic (exact) mass is 538 g/mol. The Labute approximate surface area is 232 Å². The molecule has 0 saturated heterocycles. The second kappa shape index (κ2) is 13.7. The first-order valence-electron chi connectivity index (χ1n) is 13.1. The van der Waals surface area contributed by atoms with E-state index in [1.807, 2.05) is 12.1 Å². The SMILES string of the molecule is CCC/C=C/CCCc1cccc(-c2cn(CC#N)cc(-c3ccc([S+]([O-])c4cccc(F)c4)cc3)c2=O)c1. The highest BCUT2D eigenvalue weighted by atomic mass is 32.2. The largest absolute Gasteiger partial charge is 0.606 e. The van der Waals surface area contributed by atoms with Gasteiger partial charge in [-0.15, -0.1) is 0 Å². The minimum absolute atomic E-state index is 0.103. The van der Waals surface area contributed by atoms with Gasteiger partial charge in [-0.05, 0) is 78.8 Å². The number of unbranched alkanes of at least 4 members (excludes halogenated alkanes) is 2. The highest BCUT2D eigenvalue weighted by molar-refractivity contribution is 7.91. The number of benzene rings is 3. The van der Waals surface area contributed by atoms with Gasteiger partial charge in [0, 0.05) is 40.8 Å². The Hall–Kier alpha value is -3.92. The number of pyridine rings is 1. The summed E-state index contributed by atoms with van der Waals surface area (Å²) in [6.45, 7) is 2.27. The fraction of sp³-hybridized carbons (Fsp3) is 0.212. The van der Waals surface area contributed by atoms with Crippen LogP contribution in [0.1, 0.15) is 38.2 Å². The molecule has 4 aromatic rings. The summed E-state index contributed by atoms with van der Waals surface area (Å²) in [5.74, 6) is -0.444. The number of nitriles is 1. The maximum Gasteiger partial charge on any atom is 0.197 e. The molecule has 1 atom stereocenters. The predicted octanol–water partition coefficient (Wildman–Crippen LogP) is 7.69. The van der Waals surface area contributed by atoms with Gasteiger partial charge in [-0.2, -0.15) is 5.26 Å². The van der Waals surface area contributed by atoms with E-state index in [2.05, 4.69) is 37.3 Å². The van der Waals surface area contributed by atoms with Crippen LogP contribution in [0.4, 0.5) is 4.39 Å². The standard InChI is InChI=1S/C33H31FN2O2S/c1-2-3-4-5-6-7-10-25-11-8-12-27(21-25)32-24-36(20-19-35)23-31(33(32)37)26-15-17-29(18-16-26)39(38)30-14-9-13-28(34)22-30/h4-5,8-9,11-18,21-24H,2-3,6-7,10,20H2,1H3/b5-4+. The molecule has 1 unspecified atom stereocenters. The molecule has 0 saturated carbocycles. The van der Waals surface area contributed by atoms with Crippen molar-refractivity contribution in [3.05, 3.63) is 119 Å². The van der Waals surface area contributed by atoms with Gasteiger partial charge in [-0.1, -0.05) is 55.8 Å². The van der Waals surface area contributed by atoms with E-state index in [4.69, 9.17) is 0 Å². The smallest absolute Gasteiger partial charge is 0.197 e. The topological polar surface area (TPSA) is 68.8 Å². The maximum atomic E-state index is 13.7. The van der Waals surface area contributed by atoms with Crippen LogP contribution in [-0.4, -0.2) is 9.12 Å². The van der Waals surface area contributed by atoms with E-state index >= 15 is 0 Å². The third-order valence-corrected chi connectivity index (χ3v) is 7.80. The van der Waals surface area contributed by atoms with E-state index in [9.17, 15) is 19.0 Å². The second-order valence-corrected chi connectivity index (χ2v) is 10.8. The lowest BCUT2D eigenvalue weighted by Crippen LogP contribution is -2.13. The zero-order chi connectivity index (χ0) is 27.6. The molecule has 3 aromatic carbocycles. The molecule has 1 heterocycles. The van der Waals surface area contributed by atoms with Crippen molar-refractivity contribution >= 4 is 11.2 Å². The van der Waals surface area contributed by atoms with Crippen LogP contribution in [0.5, 0.6) is 0 Å². The van der Waals surface area contributed by atoms with Gasteiger partial charge in [0.2, 0.25) is 0 Å². The van der Waals surface area contributed by atoms with Crippen molar-refractivity contribution in [3.8, 4) is 28.3 Å². The first-order valence-corrected chi connectivity index (χ1v) is 14.3. The molecule has 0 radical (unpaired) electrons. The molecule has 0 amide bonds. The Balaban J connectivity index is 1.62. The highest BCUT2D eigenvalue weighted by Gasteiger charge is 2.17. The summed E-state index contributed by atoms with van der Waals surface area (Å²) in [7, 11) is 0. The van der Waals surface area contributed by atoms with E-state index < -0.39 is 17.0 Å². The Bertz CT molecular complexity index is 1540. The van der Waals surface area contributed by atoms with Crippen LogP contribution in [0.15, 0.2) is 112 Å². The summed E-state index contributed by atoms with van der Waals surface area (Å²) < 4.78 is 28.2. The summed E-state index contributed by atoms with van der Waals surface area (Å²) in [5.41, 5.74) is 3.48. The van der Waals surface area contributed by atoms with Crippen LogP contribution in [0, 0.1) is 17.1 Å². The zero-order valence-corrected chi connectivity index (χ0v) is 22.8. The summed E-state index contributed by atoms with van der Waals surface area (Å²) in [5, 5.41) is 9.34. The summed E-state index contributed by atoms with van der Waals surface area (Å²) in [6.07, 6.45) is 13.1. The number of aryl methyl sites for hydroxylation is 1. The van der Waals surface area contributed by atoms with Gasteiger partial charge < -0.3 is 9.12 Å². The minimum atomic E-state index is -1.55. The quantitative estimate of drug-likeness (QED) is 0.112. The van der Waals surface area contributed by atoms with Crippen LogP contribution in [0.3, 0.4) is 0 Å². The highest BCUT2D eigenvalue weighted by Crippen LogP contribution is 2.26. The van der Waals surface area contributed by atoms with E-state index in [0.717, 1.165) is 43.2 Å². The molecule has 0 bridgehead atoms. The van der Waals surface area contributed by atoms with Gasteiger partial charge in [-0.25, -0.2) is 4.39 Å². The van der Waals surface area contributed by atoms with Crippen molar-refractivity contribution in [1.82, 2.24) is 4.57 Å². The molecular weight excluding hydrogens is 507 g/mol. The molecule has 4 rings (SSSR count). The number of hydrogen-bond donors (Lipinski definition) is 0. The van der Waals surface area contributed by atoms with Crippen LogP contribution >= 0.6 is 0 Å². The first-order chi connectivity index (χ1) is 19.0. The fourth-order valence-corrected chi connectivity index (χ4v) is 5.49. The molecule has 39 heavy (non-hydrogen) atoms. The number of allylic oxidation sites excluding steroid dienone is 2. The maximum absolute atomic E-state index is 13.7. The van der Waals surface area contributed by atoms with E-state index in [-0.39, 0.29) is 12.0 Å². The van der Waals surface area contributed by atoms with E-state index in [0.29, 0.717) is 26.5 Å². The van der Waals surface area contributed by atoms with Crippen molar-refractivity contribution in [1.29, 1.82) is 5.26 Å². The average Bonchev–Trinajstić information content (AvgIpc) is 2.96. The zero-order valence-electron chi connectivity index (χ0n) is 22.0. The molecule has 0 aliphatic rings. The normalized spacial score (nSPS) is 11.9. The molecule has 6 heteroatoms. The molecule has 0 aliphatic heterocycles. The number of hydrogen-bond acceptors (Lipinski definition) is 3. The minimum Gasteiger partial charge on any atom is -0.606 e. The lowest BCUT2D eigenvalue weighted by molar-refractivity contribution is 0.590. The predicted molar refractivity (Wildman–Crippen MR) is 155 cm³/mol. The van der Waals surface area contributed by atoms with Gasteiger partial charge in [0.25, 0.3) is 0 Å². The van der Waals surface area contributed by atoms with Crippen LogP contribution in [0.2, 0.25) is 0 Å². The number of nitrogens with zero attached hydrogens (tertiary/aromatic N) is 2. The van der Waals surface area contributed by atoms with Gasteiger partial charge in [0.1, 0.15) is 12.4 Å². The third kappa shape index (κ3) is 7.35. The molecule has 4 nitrogen and oxygen atoms in total. The van der Waals surface area contributed by atoms with Crippen LogP contribution < -0.4 is 5.43 Å². The molecule has 0 spiro atoms. The first kappa shape index (κ1) is 28.1. The van der Waals surface area contributed by atoms with Crippen molar-refractivity contribution in [3.63, 3.8) is 0 Å². The Kier molecular flexibility index (Phi) is 9.91. The summed E-state index contributed by atoms with van der Waals surface area (Å²) in [6, 6.07) is 22.7. The molecule has 0 N–H and O–H groups in total. The molecule has 198 valence electrons. The number of halogens is 1. The van der Waals surface area contributed by atoms with Crippen molar-refractivity contribution < 1.29 is 8.94 Å². The van der Waals surface area contributed by atoms with Crippen LogP contribution in [-0.2, 0) is 24.1 Å². The Morgan fingerprint density at radius 3 is 2.36 bits per heavy atom. The average molecular weight is 539 g/mol.